The van der Waals surface area contributed by atoms with E-state index in [4.69, 9.17) is 0 Å². The Labute approximate surface area is 108 Å². The van der Waals surface area contributed by atoms with Gasteiger partial charge in [-0.1, -0.05) is 17.7 Å². The smallest absolute Gasteiger partial charge is 0.254 e. The maximum absolute atomic E-state index is 12.5. The number of carbonyl (C=O) groups excluding carboxylic acids is 1. The van der Waals surface area contributed by atoms with Crippen LogP contribution in [0.5, 0.6) is 0 Å². The van der Waals surface area contributed by atoms with Gasteiger partial charge in [-0.05, 0) is 37.3 Å². The molecule has 0 saturated carbocycles. The first-order valence-electron chi connectivity index (χ1n) is 6.72. The highest BCUT2D eigenvalue weighted by molar-refractivity contribution is 5.95. The minimum atomic E-state index is 0.210. The fourth-order valence-electron chi connectivity index (χ4n) is 3.25. The number of benzene rings is 1. The number of nitrogens with one attached hydrogen (secondary N) is 1. The lowest BCUT2D eigenvalue weighted by Gasteiger charge is -2.19. The molecule has 0 radical (unpaired) electrons. The van der Waals surface area contributed by atoms with Crippen molar-refractivity contribution < 1.29 is 4.79 Å². The van der Waals surface area contributed by atoms with Crippen LogP contribution in [0.15, 0.2) is 18.2 Å². The van der Waals surface area contributed by atoms with Gasteiger partial charge in [-0.2, -0.15) is 0 Å². The molecule has 0 aromatic heterocycles. The molecule has 1 aromatic rings. The fraction of sp³-hybridized carbons (Fsp3) is 0.533. The van der Waals surface area contributed by atoms with Gasteiger partial charge < -0.3 is 10.2 Å². The predicted molar refractivity (Wildman–Crippen MR) is 71.7 cm³/mol. The zero-order chi connectivity index (χ0) is 12.7. The predicted octanol–water partition coefficient (Wildman–Crippen LogP) is 1.59. The molecule has 2 saturated heterocycles. The maximum atomic E-state index is 12.5. The molecule has 2 fully saturated rings. The highest BCUT2D eigenvalue weighted by Gasteiger charge is 2.38. The van der Waals surface area contributed by atoms with Crippen molar-refractivity contribution in [2.24, 2.45) is 11.8 Å². The summed E-state index contributed by atoms with van der Waals surface area (Å²) >= 11 is 0. The number of likely N-dealkylation sites (tertiary alicyclic amines) is 1. The molecule has 1 aromatic carbocycles. The van der Waals surface area contributed by atoms with Crippen LogP contribution in [0.25, 0.3) is 0 Å². The molecule has 18 heavy (non-hydrogen) atoms. The summed E-state index contributed by atoms with van der Waals surface area (Å²) in [6.45, 7) is 8.07. The number of rotatable bonds is 1. The zero-order valence-corrected chi connectivity index (χ0v) is 11.1. The molecule has 1 amide bonds. The number of nitrogens with zero attached hydrogens (tertiary/aromatic N) is 1. The lowest BCUT2D eigenvalue weighted by Crippen LogP contribution is -2.32. The molecule has 1 N–H and O–H groups in total. The Morgan fingerprint density at radius 1 is 1.22 bits per heavy atom. The second-order valence-corrected chi connectivity index (χ2v) is 5.71. The molecule has 3 rings (SSSR count). The number of hydrogen-bond acceptors (Lipinski definition) is 2. The zero-order valence-electron chi connectivity index (χ0n) is 11.1. The Kier molecular flexibility index (Phi) is 2.86. The van der Waals surface area contributed by atoms with E-state index in [9.17, 15) is 4.79 Å². The Morgan fingerprint density at radius 2 is 1.89 bits per heavy atom. The average molecular weight is 244 g/mol. The van der Waals surface area contributed by atoms with Crippen LogP contribution in [0.4, 0.5) is 0 Å². The molecule has 3 heteroatoms. The normalized spacial score (nSPS) is 26.4. The lowest BCUT2D eigenvalue weighted by molar-refractivity contribution is 0.0781. The molecule has 2 atom stereocenters. The van der Waals surface area contributed by atoms with Gasteiger partial charge in [0.05, 0.1) is 0 Å². The largest absolute Gasteiger partial charge is 0.338 e. The van der Waals surface area contributed by atoms with E-state index in [1.807, 2.05) is 24.0 Å². The van der Waals surface area contributed by atoms with E-state index in [-0.39, 0.29) is 5.91 Å². The van der Waals surface area contributed by atoms with Gasteiger partial charge in [0, 0.05) is 31.7 Å². The minimum Gasteiger partial charge on any atom is -0.338 e. The summed E-state index contributed by atoms with van der Waals surface area (Å²) in [6.07, 6.45) is 0. The van der Waals surface area contributed by atoms with E-state index >= 15 is 0 Å². The van der Waals surface area contributed by atoms with Gasteiger partial charge in [-0.15, -0.1) is 0 Å². The van der Waals surface area contributed by atoms with Crippen molar-refractivity contribution in [1.29, 1.82) is 0 Å². The molecule has 96 valence electrons. The summed E-state index contributed by atoms with van der Waals surface area (Å²) < 4.78 is 0. The van der Waals surface area contributed by atoms with Crippen LogP contribution in [0.3, 0.4) is 0 Å². The molecule has 0 bridgehead atoms. The van der Waals surface area contributed by atoms with Crippen LogP contribution in [0.2, 0.25) is 0 Å². The van der Waals surface area contributed by atoms with Crippen molar-refractivity contribution in [3.05, 3.63) is 34.9 Å². The Morgan fingerprint density at radius 3 is 2.50 bits per heavy atom. The summed E-state index contributed by atoms with van der Waals surface area (Å²) in [7, 11) is 0. The first-order valence-corrected chi connectivity index (χ1v) is 6.72. The molecule has 2 heterocycles. The van der Waals surface area contributed by atoms with Crippen LogP contribution < -0.4 is 5.32 Å². The Bertz CT molecular complexity index is 471. The van der Waals surface area contributed by atoms with Crippen molar-refractivity contribution in [2.75, 3.05) is 26.2 Å². The molecular weight excluding hydrogens is 224 g/mol. The summed E-state index contributed by atoms with van der Waals surface area (Å²) in [5.74, 6) is 1.54. The standard InChI is InChI=1S/C15H20N2O/c1-10-3-4-14(11(2)5-10)15(18)17-8-12-6-16-7-13(12)9-17/h3-5,12-13,16H,6-9H2,1-2H3/t12-,13+. The number of carbonyl (C=O) groups is 1. The van der Waals surface area contributed by atoms with Crippen molar-refractivity contribution in [3.63, 3.8) is 0 Å². The van der Waals surface area contributed by atoms with Gasteiger partial charge in [0.2, 0.25) is 0 Å². The fourth-order valence-corrected chi connectivity index (χ4v) is 3.25. The third-order valence-electron chi connectivity index (χ3n) is 4.29. The van der Waals surface area contributed by atoms with Gasteiger partial charge in [0.1, 0.15) is 0 Å². The number of fused-ring (bicyclic) bond motifs is 1. The summed E-state index contributed by atoms with van der Waals surface area (Å²) in [6, 6.07) is 6.09. The van der Waals surface area contributed by atoms with Crippen LogP contribution in [0, 0.1) is 25.7 Å². The molecule has 2 aliphatic rings. The summed E-state index contributed by atoms with van der Waals surface area (Å²) in [5.41, 5.74) is 3.18. The lowest BCUT2D eigenvalue weighted by atomic mass is 10.0. The van der Waals surface area contributed by atoms with Crippen molar-refractivity contribution in [3.8, 4) is 0 Å². The first kappa shape index (κ1) is 11.7. The van der Waals surface area contributed by atoms with E-state index < -0.39 is 0 Å². The molecule has 3 nitrogen and oxygen atoms in total. The van der Waals surface area contributed by atoms with E-state index in [1.165, 1.54) is 5.56 Å². The SMILES string of the molecule is Cc1ccc(C(=O)N2C[C@H]3CNC[C@H]3C2)c(C)c1. The third-order valence-corrected chi connectivity index (χ3v) is 4.29. The number of hydrogen-bond donors (Lipinski definition) is 1. The quantitative estimate of drug-likeness (QED) is 0.813. The van der Waals surface area contributed by atoms with Crippen LogP contribution in [-0.4, -0.2) is 37.0 Å². The highest BCUT2D eigenvalue weighted by Crippen LogP contribution is 2.28. The highest BCUT2D eigenvalue weighted by atomic mass is 16.2. The van der Waals surface area contributed by atoms with E-state index in [0.717, 1.165) is 37.3 Å². The van der Waals surface area contributed by atoms with Gasteiger partial charge in [-0.25, -0.2) is 0 Å². The van der Waals surface area contributed by atoms with Crippen molar-refractivity contribution in [2.45, 2.75) is 13.8 Å². The molecule has 0 aliphatic carbocycles. The third kappa shape index (κ3) is 1.93. The van der Waals surface area contributed by atoms with Crippen LogP contribution in [-0.2, 0) is 0 Å². The summed E-state index contributed by atoms with van der Waals surface area (Å²) in [5, 5.41) is 3.40. The van der Waals surface area contributed by atoms with Crippen molar-refractivity contribution in [1.82, 2.24) is 10.2 Å². The van der Waals surface area contributed by atoms with Crippen LogP contribution in [0.1, 0.15) is 21.5 Å². The maximum Gasteiger partial charge on any atom is 0.254 e. The monoisotopic (exact) mass is 244 g/mol. The number of amides is 1. The van der Waals surface area contributed by atoms with Crippen molar-refractivity contribution >= 4 is 5.91 Å². The molecule has 0 spiro atoms. The van der Waals surface area contributed by atoms with Gasteiger partial charge >= 0.3 is 0 Å². The Balaban J connectivity index is 1.79. The molecular formula is C15H20N2O. The number of aryl methyl sites for hydroxylation is 2. The second kappa shape index (κ2) is 4.39. The molecule has 2 aliphatic heterocycles. The summed E-state index contributed by atoms with van der Waals surface area (Å²) in [4.78, 5) is 14.6. The second-order valence-electron chi connectivity index (χ2n) is 5.71. The van der Waals surface area contributed by atoms with Gasteiger partial charge in [0.15, 0.2) is 0 Å². The van der Waals surface area contributed by atoms with E-state index in [1.54, 1.807) is 0 Å². The Hall–Kier alpha value is -1.35. The van der Waals surface area contributed by atoms with Crippen LogP contribution >= 0.6 is 0 Å². The topological polar surface area (TPSA) is 32.3 Å². The minimum absolute atomic E-state index is 0.210. The van der Waals surface area contributed by atoms with Gasteiger partial charge in [-0.3, -0.25) is 4.79 Å². The van der Waals surface area contributed by atoms with E-state index in [0.29, 0.717) is 11.8 Å². The van der Waals surface area contributed by atoms with E-state index in [2.05, 4.69) is 18.3 Å². The molecule has 0 unspecified atom stereocenters. The first-order chi connectivity index (χ1) is 8.65. The van der Waals surface area contributed by atoms with Gasteiger partial charge in [0.25, 0.3) is 5.91 Å². The average Bonchev–Trinajstić information content (AvgIpc) is 2.87.